The minimum atomic E-state index is 0.220. The second kappa shape index (κ2) is 9.44. The Hall–Kier alpha value is -0.120. The number of aliphatic hydroxyl groups excluding tert-OH is 2. The number of aliphatic hydroxyl groups is 2. The fourth-order valence-electron chi connectivity index (χ4n) is 1.51. The lowest BCUT2D eigenvalue weighted by Crippen LogP contribution is -2.34. The molecule has 3 nitrogen and oxygen atoms in total. The normalized spacial score (nSPS) is 13.5. The molecule has 0 aromatic heterocycles. The smallest absolute Gasteiger partial charge is 0.0584 e. The maximum atomic E-state index is 9.08. The van der Waals surface area contributed by atoms with Gasteiger partial charge < -0.3 is 15.5 Å². The molecule has 0 spiro atoms. The van der Waals surface area contributed by atoms with Crippen molar-refractivity contribution in [2.75, 3.05) is 19.8 Å². The largest absolute Gasteiger partial charge is 0.396 e. The number of rotatable bonds is 9. The molecule has 1 atom stereocenters. The molecule has 0 amide bonds. The van der Waals surface area contributed by atoms with Crippen LogP contribution < -0.4 is 5.32 Å². The van der Waals surface area contributed by atoms with Gasteiger partial charge in [-0.3, -0.25) is 0 Å². The quantitative estimate of drug-likeness (QED) is 0.493. The highest BCUT2D eigenvalue weighted by Gasteiger charge is 2.07. The summed E-state index contributed by atoms with van der Waals surface area (Å²) in [6.07, 6.45) is 4.05. The molecule has 0 aromatic carbocycles. The highest BCUT2D eigenvalue weighted by Crippen LogP contribution is 2.04. The molecule has 0 fully saturated rings. The molecule has 14 heavy (non-hydrogen) atoms. The van der Waals surface area contributed by atoms with Gasteiger partial charge in [0.15, 0.2) is 0 Å². The van der Waals surface area contributed by atoms with E-state index in [4.69, 9.17) is 10.2 Å². The van der Waals surface area contributed by atoms with Crippen molar-refractivity contribution in [2.45, 2.75) is 45.6 Å². The van der Waals surface area contributed by atoms with Crippen LogP contribution in [0.3, 0.4) is 0 Å². The maximum Gasteiger partial charge on any atom is 0.0584 e. The van der Waals surface area contributed by atoms with Crippen LogP contribution in [0.2, 0.25) is 0 Å². The average molecular weight is 203 g/mol. The van der Waals surface area contributed by atoms with Crippen molar-refractivity contribution >= 4 is 0 Å². The van der Waals surface area contributed by atoms with Crippen molar-refractivity contribution in [2.24, 2.45) is 5.92 Å². The van der Waals surface area contributed by atoms with Crippen LogP contribution in [-0.2, 0) is 0 Å². The van der Waals surface area contributed by atoms with Crippen LogP contribution in [0.1, 0.15) is 39.5 Å². The summed E-state index contributed by atoms with van der Waals surface area (Å²) in [5.74, 6) is 0.622. The molecule has 0 saturated heterocycles. The molecule has 0 radical (unpaired) electrons. The third kappa shape index (κ3) is 8.48. The third-order valence-electron chi connectivity index (χ3n) is 2.24. The molecule has 0 aliphatic heterocycles. The summed E-state index contributed by atoms with van der Waals surface area (Å²) >= 11 is 0. The van der Waals surface area contributed by atoms with E-state index in [1.807, 2.05) is 0 Å². The van der Waals surface area contributed by atoms with Crippen LogP contribution in [0.5, 0.6) is 0 Å². The van der Waals surface area contributed by atoms with E-state index in [0.29, 0.717) is 5.92 Å². The van der Waals surface area contributed by atoms with Crippen molar-refractivity contribution in [3.8, 4) is 0 Å². The molecule has 0 bridgehead atoms. The van der Waals surface area contributed by atoms with Crippen molar-refractivity contribution in [1.29, 1.82) is 0 Å². The monoisotopic (exact) mass is 203 g/mol. The first-order valence-corrected chi connectivity index (χ1v) is 5.65. The van der Waals surface area contributed by atoms with Crippen molar-refractivity contribution < 1.29 is 10.2 Å². The molecule has 0 aromatic rings. The SMILES string of the molecule is CC(C)CC(CO)NCCCCCO. The van der Waals surface area contributed by atoms with Crippen LogP contribution in [-0.4, -0.2) is 36.0 Å². The van der Waals surface area contributed by atoms with Gasteiger partial charge in [-0.15, -0.1) is 0 Å². The lowest BCUT2D eigenvalue weighted by molar-refractivity contribution is 0.223. The van der Waals surface area contributed by atoms with E-state index in [9.17, 15) is 0 Å². The summed E-state index contributed by atoms with van der Waals surface area (Å²) in [7, 11) is 0. The minimum Gasteiger partial charge on any atom is -0.396 e. The highest BCUT2D eigenvalue weighted by atomic mass is 16.3. The molecule has 3 heteroatoms. The van der Waals surface area contributed by atoms with Crippen LogP contribution in [0.4, 0.5) is 0 Å². The second-order valence-corrected chi connectivity index (χ2v) is 4.25. The lowest BCUT2D eigenvalue weighted by atomic mass is 10.0. The predicted molar refractivity (Wildman–Crippen MR) is 59.3 cm³/mol. The number of hydrogen-bond donors (Lipinski definition) is 3. The van der Waals surface area contributed by atoms with Crippen LogP contribution in [0, 0.1) is 5.92 Å². The van der Waals surface area contributed by atoms with Crippen LogP contribution in [0.15, 0.2) is 0 Å². The van der Waals surface area contributed by atoms with Gasteiger partial charge in [-0.1, -0.05) is 13.8 Å². The first kappa shape index (κ1) is 13.9. The number of unbranched alkanes of at least 4 members (excludes halogenated alkanes) is 2. The summed E-state index contributed by atoms with van der Waals surface area (Å²) in [6.45, 7) is 5.78. The van der Waals surface area contributed by atoms with E-state index in [0.717, 1.165) is 32.2 Å². The molecule has 0 heterocycles. The molecule has 0 aliphatic rings. The zero-order chi connectivity index (χ0) is 10.8. The van der Waals surface area contributed by atoms with Crippen molar-refractivity contribution in [1.82, 2.24) is 5.32 Å². The van der Waals surface area contributed by atoms with E-state index in [-0.39, 0.29) is 19.3 Å². The van der Waals surface area contributed by atoms with Crippen molar-refractivity contribution in [3.05, 3.63) is 0 Å². The zero-order valence-electron chi connectivity index (χ0n) is 9.50. The average Bonchev–Trinajstić information content (AvgIpc) is 2.15. The summed E-state index contributed by atoms with van der Waals surface area (Å²) in [6, 6.07) is 0.240. The third-order valence-corrected chi connectivity index (χ3v) is 2.24. The van der Waals surface area contributed by atoms with Gasteiger partial charge in [-0.2, -0.15) is 0 Å². The number of hydrogen-bond acceptors (Lipinski definition) is 3. The second-order valence-electron chi connectivity index (χ2n) is 4.25. The van der Waals surface area contributed by atoms with Gasteiger partial charge in [0.05, 0.1) is 6.61 Å². The summed E-state index contributed by atoms with van der Waals surface area (Å²) in [4.78, 5) is 0. The molecule has 3 N–H and O–H groups in total. The van der Waals surface area contributed by atoms with Gasteiger partial charge in [0.25, 0.3) is 0 Å². The Morgan fingerprint density at radius 2 is 1.79 bits per heavy atom. The number of nitrogens with one attached hydrogen (secondary N) is 1. The topological polar surface area (TPSA) is 52.5 Å². The Bertz CT molecular complexity index is 118. The van der Waals surface area contributed by atoms with E-state index >= 15 is 0 Å². The fraction of sp³-hybridized carbons (Fsp3) is 1.00. The first-order valence-electron chi connectivity index (χ1n) is 5.65. The summed E-state index contributed by atoms with van der Waals surface area (Å²) < 4.78 is 0. The van der Waals surface area contributed by atoms with Gasteiger partial charge in [-0.05, 0) is 38.1 Å². The molecular weight excluding hydrogens is 178 g/mol. The van der Waals surface area contributed by atoms with E-state index in [2.05, 4.69) is 19.2 Å². The first-order chi connectivity index (χ1) is 6.70. The van der Waals surface area contributed by atoms with Gasteiger partial charge in [0.1, 0.15) is 0 Å². The van der Waals surface area contributed by atoms with Gasteiger partial charge in [-0.25, -0.2) is 0 Å². The van der Waals surface area contributed by atoms with E-state index in [1.165, 1.54) is 0 Å². The van der Waals surface area contributed by atoms with Gasteiger partial charge in [0.2, 0.25) is 0 Å². The van der Waals surface area contributed by atoms with Crippen LogP contribution in [0.25, 0.3) is 0 Å². The van der Waals surface area contributed by atoms with E-state index in [1.54, 1.807) is 0 Å². The highest BCUT2D eigenvalue weighted by molar-refractivity contribution is 4.66. The Morgan fingerprint density at radius 3 is 2.29 bits per heavy atom. The molecule has 0 aliphatic carbocycles. The van der Waals surface area contributed by atoms with Crippen LogP contribution >= 0.6 is 0 Å². The Kier molecular flexibility index (Phi) is 9.35. The van der Waals surface area contributed by atoms with Gasteiger partial charge in [0, 0.05) is 12.6 Å². The summed E-state index contributed by atoms with van der Waals surface area (Å²) in [5.41, 5.74) is 0. The molecule has 1 unspecified atom stereocenters. The molecular formula is C11H25NO2. The Balaban J connectivity index is 3.33. The van der Waals surface area contributed by atoms with Gasteiger partial charge >= 0.3 is 0 Å². The lowest BCUT2D eigenvalue weighted by Gasteiger charge is -2.18. The standard InChI is InChI=1S/C11H25NO2/c1-10(2)8-11(9-14)12-6-4-3-5-7-13/h10-14H,3-9H2,1-2H3. The van der Waals surface area contributed by atoms with Crippen molar-refractivity contribution in [3.63, 3.8) is 0 Å². The van der Waals surface area contributed by atoms with E-state index < -0.39 is 0 Å². The zero-order valence-corrected chi connectivity index (χ0v) is 9.50. The minimum absolute atomic E-state index is 0.220. The predicted octanol–water partition coefficient (Wildman–Crippen LogP) is 1.15. The Labute approximate surface area is 87.5 Å². The maximum absolute atomic E-state index is 9.08. The molecule has 0 rings (SSSR count). The molecule has 0 saturated carbocycles. The fourth-order valence-corrected chi connectivity index (χ4v) is 1.51. The Morgan fingerprint density at radius 1 is 1.07 bits per heavy atom. The summed E-state index contributed by atoms with van der Waals surface area (Å²) in [5, 5.41) is 21.0. The molecule has 86 valence electrons.